The maximum Gasteiger partial charge on any atom is 0.227 e. The van der Waals surface area contributed by atoms with Crippen molar-refractivity contribution in [2.75, 3.05) is 20.1 Å². The van der Waals surface area contributed by atoms with Gasteiger partial charge < -0.3 is 10.2 Å². The van der Waals surface area contributed by atoms with Gasteiger partial charge in [-0.3, -0.25) is 4.79 Å². The van der Waals surface area contributed by atoms with E-state index in [1.807, 2.05) is 30.1 Å². The van der Waals surface area contributed by atoms with Crippen molar-refractivity contribution in [3.8, 4) is 0 Å². The average molecular weight is 246 g/mol. The molecule has 0 unspecified atom stereocenters. The molecule has 1 fully saturated rings. The molecule has 1 aliphatic heterocycles. The van der Waals surface area contributed by atoms with Crippen LogP contribution >= 0.6 is 0 Å². The van der Waals surface area contributed by atoms with Gasteiger partial charge in [-0.05, 0) is 37.9 Å². The van der Waals surface area contributed by atoms with Gasteiger partial charge in [0, 0.05) is 19.1 Å². The highest BCUT2D eigenvalue weighted by Crippen LogP contribution is 2.14. The first-order valence-electron chi connectivity index (χ1n) is 6.70. The maximum absolute atomic E-state index is 12.2. The fraction of sp³-hybridized carbons (Fsp3) is 0.533. The summed E-state index contributed by atoms with van der Waals surface area (Å²) in [6.07, 6.45) is 2.67. The molecule has 3 heteroatoms. The van der Waals surface area contributed by atoms with E-state index in [9.17, 15) is 4.79 Å². The molecule has 1 heterocycles. The molecule has 0 saturated carbocycles. The number of benzene rings is 1. The van der Waals surface area contributed by atoms with Crippen LogP contribution in [0.5, 0.6) is 0 Å². The lowest BCUT2D eigenvalue weighted by Crippen LogP contribution is -2.44. The number of hydrogen-bond donors (Lipinski definition) is 1. The first-order valence-corrected chi connectivity index (χ1v) is 6.70. The number of carbonyl (C=O) groups excluding carboxylic acids is 1. The van der Waals surface area contributed by atoms with Crippen molar-refractivity contribution in [1.82, 2.24) is 10.2 Å². The van der Waals surface area contributed by atoms with Gasteiger partial charge in [-0.1, -0.05) is 24.3 Å². The molecule has 1 N–H and O–H groups in total. The third kappa shape index (κ3) is 3.10. The van der Waals surface area contributed by atoms with Crippen LogP contribution in [0.25, 0.3) is 0 Å². The van der Waals surface area contributed by atoms with E-state index in [2.05, 4.69) is 18.3 Å². The van der Waals surface area contributed by atoms with E-state index in [0.717, 1.165) is 31.5 Å². The Morgan fingerprint density at radius 2 is 2.00 bits per heavy atom. The van der Waals surface area contributed by atoms with Crippen LogP contribution in [0, 0.1) is 6.92 Å². The quantitative estimate of drug-likeness (QED) is 0.881. The molecule has 0 aliphatic carbocycles. The molecule has 2 rings (SSSR count). The van der Waals surface area contributed by atoms with E-state index in [1.165, 1.54) is 5.56 Å². The first kappa shape index (κ1) is 13.1. The van der Waals surface area contributed by atoms with Gasteiger partial charge in [0.2, 0.25) is 5.91 Å². The summed E-state index contributed by atoms with van der Waals surface area (Å²) < 4.78 is 0. The van der Waals surface area contributed by atoms with Crippen molar-refractivity contribution in [2.45, 2.75) is 32.2 Å². The van der Waals surface area contributed by atoms with Crippen molar-refractivity contribution in [1.29, 1.82) is 0 Å². The van der Waals surface area contributed by atoms with E-state index in [0.29, 0.717) is 12.5 Å². The minimum atomic E-state index is 0.263. The van der Waals surface area contributed by atoms with Crippen LogP contribution in [-0.4, -0.2) is 37.0 Å². The fourth-order valence-corrected chi connectivity index (χ4v) is 2.50. The minimum Gasteiger partial charge on any atom is -0.342 e. The lowest BCUT2D eigenvalue weighted by Gasteiger charge is -2.32. The molecule has 0 aromatic heterocycles. The molecule has 3 nitrogen and oxygen atoms in total. The van der Waals surface area contributed by atoms with Crippen LogP contribution in [-0.2, 0) is 11.2 Å². The molecule has 1 aliphatic rings. The van der Waals surface area contributed by atoms with Crippen molar-refractivity contribution in [2.24, 2.45) is 0 Å². The van der Waals surface area contributed by atoms with E-state index in [4.69, 9.17) is 0 Å². The summed E-state index contributed by atoms with van der Waals surface area (Å²) in [5.41, 5.74) is 2.36. The summed E-state index contributed by atoms with van der Waals surface area (Å²) >= 11 is 0. The van der Waals surface area contributed by atoms with Crippen molar-refractivity contribution < 1.29 is 4.79 Å². The Balaban J connectivity index is 1.91. The van der Waals surface area contributed by atoms with Gasteiger partial charge >= 0.3 is 0 Å². The van der Waals surface area contributed by atoms with Gasteiger partial charge in [0.15, 0.2) is 0 Å². The maximum atomic E-state index is 12.2. The van der Waals surface area contributed by atoms with Crippen LogP contribution < -0.4 is 5.32 Å². The largest absolute Gasteiger partial charge is 0.342 e. The lowest BCUT2D eigenvalue weighted by atomic mass is 10.0. The molecule has 18 heavy (non-hydrogen) atoms. The second-order valence-corrected chi connectivity index (χ2v) is 5.05. The molecule has 1 amide bonds. The number of aryl methyl sites for hydroxylation is 1. The zero-order valence-corrected chi connectivity index (χ0v) is 11.3. The average Bonchev–Trinajstić information content (AvgIpc) is 2.41. The van der Waals surface area contributed by atoms with E-state index < -0.39 is 0 Å². The Morgan fingerprint density at radius 3 is 2.61 bits per heavy atom. The number of likely N-dealkylation sites (tertiary alicyclic amines) is 1. The van der Waals surface area contributed by atoms with Crippen molar-refractivity contribution in [3.05, 3.63) is 35.4 Å². The highest BCUT2D eigenvalue weighted by atomic mass is 16.2. The Bertz CT molecular complexity index is 409. The van der Waals surface area contributed by atoms with Gasteiger partial charge in [0.05, 0.1) is 6.42 Å². The van der Waals surface area contributed by atoms with E-state index >= 15 is 0 Å². The summed E-state index contributed by atoms with van der Waals surface area (Å²) in [6, 6.07) is 8.71. The smallest absolute Gasteiger partial charge is 0.227 e. The van der Waals surface area contributed by atoms with Crippen molar-refractivity contribution in [3.63, 3.8) is 0 Å². The zero-order chi connectivity index (χ0) is 13.0. The van der Waals surface area contributed by atoms with E-state index in [1.54, 1.807) is 0 Å². The number of nitrogens with zero attached hydrogens (tertiary/aromatic N) is 1. The second-order valence-electron chi connectivity index (χ2n) is 5.05. The predicted molar refractivity (Wildman–Crippen MR) is 73.5 cm³/mol. The minimum absolute atomic E-state index is 0.263. The Labute approximate surface area is 109 Å². The Morgan fingerprint density at radius 1 is 1.33 bits per heavy atom. The number of amides is 1. The number of piperidine rings is 1. The number of hydrogen-bond acceptors (Lipinski definition) is 2. The highest BCUT2D eigenvalue weighted by molar-refractivity contribution is 5.79. The summed E-state index contributed by atoms with van der Waals surface area (Å²) in [6.45, 7) is 3.84. The van der Waals surface area contributed by atoms with Crippen LogP contribution in [0.2, 0.25) is 0 Å². The molecule has 0 spiro atoms. The van der Waals surface area contributed by atoms with E-state index in [-0.39, 0.29) is 5.91 Å². The zero-order valence-electron chi connectivity index (χ0n) is 11.3. The number of nitrogens with one attached hydrogen (secondary N) is 1. The second kappa shape index (κ2) is 6.01. The summed E-state index contributed by atoms with van der Waals surface area (Å²) in [5.74, 6) is 0.263. The highest BCUT2D eigenvalue weighted by Gasteiger charge is 2.21. The molecule has 1 aromatic rings. The third-order valence-electron chi connectivity index (χ3n) is 3.86. The van der Waals surface area contributed by atoms with Crippen LogP contribution in [0.4, 0.5) is 0 Å². The molecule has 0 bridgehead atoms. The van der Waals surface area contributed by atoms with Gasteiger partial charge in [-0.2, -0.15) is 0 Å². The topological polar surface area (TPSA) is 32.3 Å². The first-order chi connectivity index (χ1) is 8.70. The monoisotopic (exact) mass is 246 g/mol. The molecule has 0 radical (unpaired) electrons. The van der Waals surface area contributed by atoms with Gasteiger partial charge in [0.1, 0.15) is 0 Å². The van der Waals surface area contributed by atoms with Crippen LogP contribution in [0.15, 0.2) is 24.3 Å². The standard InChI is InChI=1S/C15H22N2O/c1-12-5-3-4-6-13(12)11-15(18)17-9-7-14(16-2)8-10-17/h3-6,14,16H,7-11H2,1-2H3. The Kier molecular flexibility index (Phi) is 4.37. The molecule has 98 valence electrons. The van der Waals surface area contributed by atoms with Crippen LogP contribution in [0.3, 0.4) is 0 Å². The molecular weight excluding hydrogens is 224 g/mol. The molecule has 1 saturated heterocycles. The van der Waals surface area contributed by atoms with Gasteiger partial charge in [0.25, 0.3) is 0 Å². The SMILES string of the molecule is CNC1CCN(C(=O)Cc2ccccc2C)CC1. The fourth-order valence-electron chi connectivity index (χ4n) is 2.50. The molecule has 1 aromatic carbocycles. The van der Waals surface area contributed by atoms with Gasteiger partial charge in [-0.25, -0.2) is 0 Å². The lowest BCUT2D eigenvalue weighted by molar-refractivity contribution is -0.131. The third-order valence-corrected chi connectivity index (χ3v) is 3.86. The van der Waals surface area contributed by atoms with Crippen molar-refractivity contribution >= 4 is 5.91 Å². The summed E-state index contributed by atoms with van der Waals surface area (Å²) in [5, 5.41) is 3.28. The normalized spacial score (nSPS) is 16.9. The number of rotatable bonds is 3. The number of carbonyl (C=O) groups is 1. The van der Waals surface area contributed by atoms with Crippen LogP contribution in [0.1, 0.15) is 24.0 Å². The van der Waals surface area contributed by atoms with Gasteiger partial charge in [-0.15, -0.1) is 0 Å². The molecule has 0 atom stereocenters. The summed E-state index contributed by atoms with van der Waals surface area (Å²) in [4.78, 5) is 14.2. The Hall–Kier alpha value is -1.35. The summed E-state index contributed by atoms with van der Waals surface area (Å²) in [7, 11) is 2.00. The molecular formula is C15H22N2O. The predicted octanol–water partition coefficient (Wildman–Crippen LogP) is 1.75.